The first kappa shape index (κ1) is 11.5. The van der Waals surface area contributed by atoms with E-state index in [0.717, 1.165) is 5.75 Å². The van der Waals surface area contributed by atoms with Crippen LogP contribution in [-0.2, 0) is 4.74 Å². The Morgan fingerprint density at radius 2 is 1.94 bits per heavy atom. The Balaban J connectivity index is 2.33. The summed E-state index contributed by atoms with van der Waals surface area (Å²) in [7, 11) is 1.72. The second-order valence-electron chi connectivity index (χ2n) is 5.26. The van der Waals surface area contributed by atoms with Crippen LogP contribution in [0.15, 0.2) is 18.2 Å². The number of methoxy groups -OCH3 is 1. The highest BCUT2D eigenvalue weighted by atomic mass is 16.6. The molecule has 1 aromatic carbocycles. The van der Waals surface area contributed by atoms with Crippen molar-refractivity contribution >= 4 is 0 Å². The SMILES string of the molecule is COc1ccc(C2OC2(C)C)cc1C(C)C. The quantitative estimate of drug-likeness (QED) is 0.725. The largest absolute Gasteiger partial charge is 0.496 e. The van der Waals surface area contributed by atoms with Gasteiger partial charge in [0, 0.05) is 0 Å². The molecule has 0 amide bonds. The van der Waals surface area contributed by atoms with Crippen molar-refractivity contribution < 1.29 is 9.47 Å². The lowest BCUT2D eigenvalue weighted by molar-refractivity contribution is 0.325. The fraction of sp³-hybridized carbons (Fsp3) is 0.571. The predicted molar refractivity (Wildman–Crippen MR) is 65.0 cm³/mol. The van der Waals surface area contributed by atoms with E-state index in [0.29, 0.717) is 5.92 Å². The Bertz CT molecular complexity index is 394. The molecule has 0 bridgehead atoms. The van der Waals surface area contributed by atoms with E-state index in [1.165, 1.54) is 11.1 Å². The van der Waals surface area contributed by atoms with E-state index < -0.39 is 0 Å². The van der Waals surface area contributed by atoms with Gasteiger partial charge in [-0.3, -0.25) is 0 Å². The van der Waals surface area contributed by atoms with Gasteiger partial charge in [-0.1, -0.05) is 19.9 Å². The smallest absolute Gasteiger partial charge is 0.122 e. The topological polar surface area (TPSA) is 21.8 Å². The van der Waals surface area contributed by atoms with Gasteiger partial charge < -0.3 is 9.47 Å². The van der Waals surface area contributed by atoms with E-state index in [9.17, 15) is 0 Å². The minimum atomic E-state index is 0.00282. The molecule has 0 N–H and O–H groups in total. The highest BCUT2D eigenvalue weighted by molar-refractivity contribution is 5.41. The Morgan fingerprint density at radius 3 is 2.38 bits per heavy atom. The van der Waals surface area contributed by atoms with Crippen LogP contribution in [-0.4, -0.2) is 12.7 Å². The average Bonchev–Trinajstić information content (AvgIpc) is 2.86. The minimum Gasteiger partial charge on any atom is -0.496 e. The maximum Gasteiger partial charge on any atom is 0.122 e. The lowest BCUT2D eigenvalue weighted by Crippen LogP contribution is -2.00. The first-order valence-electron chi connectivity index (χ1n) is 5.81. The van der Waals surface area contributed by atoms with Gasteiger partial charge >= 0.3 is 0 Å². The van der Waals surface area contributed by atoms with E-state index in [-0.39, 0.29) is 11.7 Å². The molecule has 1 atom stereocenters. The third-order valence-electron chi connectivity index (χ3n) is 3.17. The second-order valence-corrected chi connectivity index (χ2v) is 5.26. The normalized spacial score (nSPS) is 22.2. The van der Waals surface area contributed by atoms with E-state index in [1.54, 1.807) is 7.11 Å². The lowest BCUT2D eigenvalue weighted by atomic mass is 9.95. The van der Waals surface area contributed by atoms with Crippen LogP contribution in [0.5, 0.6) is 5.75 Å². The van der Waals surface area contributed by atoms with Crippen molar-refractivity contribution in [2.75, 3.05) is 7.11 Å². The number of rotatable bonds is 3. The first-order valence-corrected chi connectivity index (χ1v) is 5.81. The monoisotopic (exact) mass is 220 g/mol. The van der Waals surface area contributed by atoms with Crippen LogP contribution in [0.1, 0.15) is 50.8 Å². The summed E-state index contributed by atoms with van der Waals surface area (Å²) in [5.41, 5.74) is 2.52. The van der Waals surface area contributed by atoms with Crippen molar-refractivity contribution in [3.05, 3.63) is 29.3 Å². The first-order chi connectivity index (χ1) is 7.45. The molecular formula is C14H20O2. The molecule has 1 aliphatic rings. The molecule has 0 spiro atoms. The zero-order valence-electron chi connectivity index (χ0n) is 10.7. The molecule has 2 rings (SSSR count). The van der Waals surface area contributed by atoms with Gasteiger partial charge in [-0.15, -0.1) is 0 Å². The van der Waals surface area contributed by atoms with Gasteiger partial charge in [0.15, 0.2) is 0 Å². The van der Waals surface area contributed by atoms with Crippen LogP contribution in [0, 0.1) is 0 Å². The molecule has 0 saturated carbocycles. The molecule has 0 aliphatic carbocycles. The van der Waals surface area contributed by atoms with Gasteiger partial charge in [-0.05, 0) is 43.0 Å². The van der Waals surface area contributed by atoms with Crippen LogP contribution in [0.4, 0.5) is 0 Å². The molecule has 88 valence electrons. The number of benzene rings is 1. The van der Waals surface area contributed by atoms with Gasteiger partial charge in [0.1, 0.15) is 11.9 Å². The third kappa shape index (κ3) is 1.94. The van der Waals surface area contributed by atoms with E-state index >= 15 is 0 Å². The molecule has 16 heavy (non-hydrogen) atoms. The van der Waals surface area contributed by atoms with Gasteiger partial charge in [0.25, 0.3) is 0 Å². The number of hydrogen-bond acceptors (Lipinski definition) is 2. The van der Waals surface area contributed by atoms with Crippen molar-refractivity contribution in [3.63, 3.8) is 0 Å². The molecule has 1 heterocycles. The summed E-state index contributed by atoms with van der Waals surface area (Å²) in [5, 5.41) is 0. The molecule has 1 aliphatic heterocycles. The summed E-state index contributed by atoms with van der Waals surface area (Å²) in [6, 6.07) is 6.36. The molecule has 0 radical (unpaired) electrons. The second kappa shape index (κ2) is 3.77. The zero-order chi connectivity index (χ0) is 11.9. The van der Waals surface area contributed by atoms with Crippen LogP contribution in [0.3, 0.4) is 0 Å². The number of hydrogen-bond donors (Lipinski definition) is 0. The van der Waals surface area contributed by atoms with Crippen LogP contribution in [0.2, 0.25) is 0 Å². The molecule has 2 heteroatoms. The Hall–Kier alpha value is -1.02. The van der Waals surface area contributed by atoms with E-state index in [1.807, 2.05) is 6.07 Å². The van der Waals surface area contributed by atoms with Crippen LogP contribution in [0.25, 0.3) is 0 Å². The predicted octanol–water partition coefficient (Wildman–Crippen LogP) is 3.67. The number of ether oxygens (including phenoxy) is 2. The van der Waals surface area contributed by atoms with Crippen molar-refractivity contribution in [1.29, 1.82) is 0 Å². The fourth-order valence-electron chi connectivity index (χ4n) is 2.11. The summed E-state index contributed by atoms with van der Waals surface area (Å²) < 4.78 is 11.0. The summed E-state index contributed by atoms with van der Waals surface area (Å²) in [5.74, 6) is 1.44. The number of epoxide rings is 1. The highest BCUT2D eigenvalue weighted by Gasteiger charge is 2.48. The van der Waals surface area contributed by atoms with Gasteiger partial charge in [-0.2, -0.15) is 0 Å². The Kier molecular flexibility index (Phi) is 2.70. The van der Waals surface area contributed by atoms with Crippen molar-refractivity contribution in [3.8, 4) is 5.75 Å². The maximum absolute atomic E-state index is 5.66. The van der Waals surface area contributed by atoms with Crippen molar-refractivity contribution in [2.24, 2.45) is 0 Å². The summed E-state index contributed by atoms with van der Waals surface area (Å²) in [6.45, 7) is 8.61. The zero-order valence-corrected chi connectivity index (χ0v) is 10.7. The lowest BCUT2D eigenvalue weighted by Gasteiger charge is -2.13. The Labute approximate surface area is 97.6 Å². The maximum atomic E-state index is 5.66. The molecule has 0 aromatic heterocycles. The molecule has 1 aromatic rings. The van der Waals surface area contributed by atoms with Gasteiger partial charge in [0.2, 0.25) is 0 Å². The Morgan fingerprint density at radius 1 is 1.31 bits per heavy atom. The molecule has 1 fully saturated rings. The van der Waals surface area contributed by atoms with Gasteiger partial charge in [-0.25, -0.2) is 0 Å². The fourth-order valence-corrected chi connectivity index (χ4v) is 2.11. The van der Waals surface area contributed by atoms with Gasteiger partial charge in [0.05, 0.1) is 12.7 Å². The molecule has 1 saturated heterocycles. The summed E-state index contributed by atoms with van der Waals surface area (Å²) in [4.78, 5) is 0. The average molecular weight is 220 g/mol. The molecule has 2 nitrogen and oxygen atoms in total. The third-order valence-corrected chi connectivity index (χ3v) is 3.17. The van der Waals surface area contributed by atoms with Crippen molar-refractivity contribution in [2.45, 2.75) is 45.3 Å². The summed E-state index contributed by atoms with van der Waals surface area (Å²) >= 11 is 0. The van der Waals surface area contributed by atoms with E-state index in [4.69, 9.17) is 9.47 Å². The van der Waals surface area contributed by atoms with Crippen molar-refractivity contribution in [1.82, 2.24) is 0 Å². The molecular weight excluding hydrogens is 200 g/mol. The standard InChI is InChI=1S/C14H20O2/c1-9(2)11-8-10(6-7-12(11)15-5)13-14(3,4)16-13/h6-9,13H,1-5H3. The molecule has 1 unspecified atom stereocenters. The minimum absolute atomic E-state index is 0.00282. The summed E-state index contributed by atoms with van der Waals surface area (Å²) in [6.07, 6.45) is 0.246. The van der Waals surface area contributed by atoms with E-state index in [2.05, 4.69) is 39.8 Å². The highest BCUT2D eigenvalue weighted by Crippen LogP contribution is 2.49. The van der Waals surface area contributed by atoms with Crippen LogP contribution < -0.4 is 4.74 Å². The van der Waals surface area contributed by atoms with Crippen LogP contribution >= 0.6 is 0 Å².